The van der Waals surface area contributed by atoms with Crippen molar-refractivity contribution in [1.82, 2.24) is 4.98 Å². The Balaban J connectivity index is 2.02. The summed E-state index contributed by atoms with van der Waals surface area (Å²) in [5.74, 6) is -1.27. The number of rotatable bonds is 4. The van der Waals surface area contributed by atoms with Gasteiger partial charge in [-0.1, -0.05) is 39.0 Å². The number of benzene rings is 2. The highest BCUT2D eigenvalue weighted by atomic mass is 16.5. The highest BCUT2D eigenvalue weighted by molar-refractivity contribution is 6.51. The Labute approximate surface area is 205 Å². The van der Waals surface area contributed by atoms with Crippen LogP contribution in [-0.2, 0) is 15.0 Å². The fraction of sp³-hybridized carbons (Fsp3) is 0.276. The second kappa shape index (κ2) is 9.02. The Kier molecular flexibility index (Phi) is 6.24. The number of amides is 1. The van der Waals surface area contributed by atoms with Gasteiger partial charge in [0.25, 0.3) is 11.7 Å². The van der Waals surface area contributed by atoms with Gasteiger partial charge in [-0.3, -0.25) is 19.5 Å². The standard InChI is InChI=1S/C29H30N2O4/c1-17-8-7-9-22(18(17)2)31-25(19-12-14-30-15-13-19)24(27(33)28(31)34)26(32)21-16-20(29(3,4)5)10-11-23(21)35-6/h7-16,25,32H,1-6H3/b26-24+. The molecule has 0 radical (unpaired) electrons. The summed E-state index contributed by atoms with van der Waals surface area (Å²) in [5.41, 5.74) is 4.35. The number of anilines is 1. The van der Waals surface area contributed by atoms with Crippen LogP contribution in [0, 0.1) is 13.8 Å². The molecule has 35 heavy (non-hydrogen) atoms. The number of pyridine rings is 1. The Hall–Kier alpha value is -3.93. The number of aliphatic hydroxyl groups excluding tert-OH is 1. The normalized spacial score (nSPS) is 17.7. The number of Topliss-reactive ketones (excluding diaryl/α,β-unsaturated/α-hetero) is 1. The second-order valence-corrected chi connectivity index (χ2v) is 9.83. The zero-order valence-corrected chi connectivity index (χ0v) is 20.9. The van der Waals surface area contributed by atoms with E-state index in [9.17, 15) is 14.7 Å². The Morgan fingerprint density at radius 2 is 1.71 bits per heavy atom. The number of ether oxygens (including phenoxy) is 1. The average Bonchev–Trinajstić information content (AvgIpc) is 3.10. The van der Waals surface area contributed by atoms with Gasteiger partial charge in [0, 0.05) is 18.1 Å². The largest absolute Gasteiger partial charge is 0.507 e. The monoisotopic (exact) mass is 470 g/mol. The van der Waals surface area contributed by atoms with Gasteiger partial charge < -0.3 is 9.84 Å². The first-order valence-electron chi connectivity index (χ1n) is 11.5. The molecule has 0 spiro atoms. The molecule has 1 atom stereocenters. The Morgan fingerprint density at radius 3 is 2.34 bits per heavy atom. The number of carbonyl (C=O) groups excluding carboxylic acids is 2. The van der Waals surface area contributed by atoms with Crippen molar-refractivity contribution < 1.29 is 19.4 Å². The zero-order chi connectivity index (χ0) is 25.5. The molecule has 2 aromatic carbocycles. The number of ketones is 1. The van der Waals surface area contributed by atoms with Gasteiger partial charge >= 0.3 is 0 Å². The number of aliphatic hydroxyl groups is 1. The van der Waals surface area contributed by atoms with Crippen LogP contribution in [0.5, 0.6) is 5.75 Å². The van der Waals surface area contributed by atoms with Gasteiger partial charge in [0.2, 0.25) is 0 Å². The van der Waals surface area contributed by atoms with E-state index in [0.29, 0.717) is 22.6 Å². The van der Waals surface area contributed by atoms with Crippen LogP contribution in [0.25, 0.3) is 5.76 Å². The minimum Gasteiger partial charge on any atom is -0.507 e. The first kappa shape index (κ1) is 24.2. The third kappa shape index (κ3) is 4.20. The molecule has 1 aliphatic heterocycles. The molecule has 1 amide bonds. The molecule has 1 fully saturated rings. The number of aromatic nitrogens is 1. The second-order valence-electron chi connectivity index (χ2n) is 9.83. The first-order valence-corrected chi connectivity index (χ1v) is 11.5. The molecule has 1 saturated heterocycles. The van der Waals surface area contributed by atoms with Crippen LogP contribution in [0.3, 0.4) is 0 Å². The minimum atomic E-state index is -0.818. The van der Waals surface area contributed by atoms with Crippen molar-refractivity contribution in [3.63, 3.8) is 0 Å². The number of carbonyl (C=O) groups is 2. The van der Waals surface area contributed by atoms with Crippen LogP contribution >= 0.6 is 0 Å². The summed E-state index contributed by atoms with van der Waals surface area (Å²) in [6.45, 7) is 10.1. The molecule has 1 unspecified atom stereocenters. The summed E-state index contributed by atoms with van der Waals surface area (Å²) in [7, 11) is 1.51. The quantitative estimate of drug-likeness (QED) is 0.304. The van der Waals surface area contributed by atoms with Crippen LogP contribution in [-0.4, -0.2) is 28.9 Å². The van der Waals surface area contributed by atoms with Gasteiger partial charge in [-0.05, 0) is 71.8 Å². The lowest BCUT2D eigenvalue weighted by atomic mass is 9.85. The lowest BCUT2D eigenvalue weighted by Crippen LogP contribution is -2.30. The maximum absolute atomic E-state index is 13.5. The molecular formula is C29H30N2O4. The fourth-order valence-electron chi connectivity index (χ4n) is 4.44. The van der Waals surface area contributed by atoms with Crippen molar-refractivity contribution in [2.45, 2.75) is 46.1 Å². The molecular weight excluding hydrogens is 440 g/mol. The van der Waals surface area contributed by atoms with Crippen molar-refractivity contribution in [3.05, 3.63) is 94.3 Å². The van der Waals surface area contributed by atoms with Gasteiger partial charge in [-0.25, -0.2) is 0 Å². The lowest BCUT2D eigenvalue weighted by molar-refractivity contribution is -0.132. The molecule has 4 rings (SSSR count). The van der Waals surface area contributed by atoms with Gasteiger partial charge in [-0.15, -0.1) is 0 Å². The van der Waals surface area contributed by atoms with Crippen molar-refractivity contribution in [1.29, 1.82) is 0 Å². The highest BCUT2D eigenvalue weighted by Crippen LogP contribution is 2.44. The van der Waals surface area contributed by atoms with Crippen molar-refractivity contribution in [3.8, 4) is 5.75 Å². The number of nitrogens with zero attached hydrogens (tertiary/aromatic N) is 2. The van der Waals surface area contributed by atoms with Crippen LogP contribution in [0.4, 0.5) is 5.69 Å². The zero-order valence-electron chi connectivity index (χ0n) is 20.9. The van der Waals surface area contributed by atoms with Crippen molar-refractivity contribution >= 4 is 23.1 Å². The van der Waals surface area contributed by atoms with Crippen LogP contribution < -0.4 is 9.64 Å². The molecule has 0 saturated carbocycles. The van der Waals surface area contributed by atoms with E-state index >= 15 is 0 Å². The molecule has 6 heteroatoms. The number of hydrogen-bond donors (Lipinski definition) is 1. The van der Waals surface area contributed by atoms with E-state index in [-0.39, 0.29) is 16.7 Å². The summed E-state index contributed by atoms with van der Waals surface area (Å²) in [6.07, 6.45) is 3.22. The number of methoxy groups -OCH3 is 1. The predicted molar refractivity (Wildman–Crippen MR) is 137 cm³/mol. The van der Waals surface area contributed by atoms with Gasteiger partial charge in [-0.2, -0.15) is 0 Å². The van der Waals surface area contributed by atoms with E-state index in [2.05, 4.69) is 25.8 Å². The number of aryl methyl sites for hydroxylation is 1. The summed E-state index contributed by atoms with van der Waals surface area (Å²) < 4.78 is 5.53. The third-order valence-corrected chi connectivity index (χ3v) is 6.62. The molecule has 1 N–H and O–H groups in total. The smallest absolute Gasteiger partial charge is 0.300 e. The van der Waals surface area contributed by atoms with E-state index in [0.717, 1.165) is 16.7 Å². The molecule has 180 valence electrons. The Morgan fingerprint density at radius 1 is 1.03 bits per heavy atom. The van der Waals surface area contributed by atoms with Crippen LogP contribution in [0.15, 0.2) is 66.5 Å². The topological polar surface area (TPSA) is 79.7 Å². The highest BCUT2D eigenvalue weighted by Gasteiger charge is 2.47. The molecule has 0 bridgehead atoms. The van der Waals surface area contributed by atoms with E-state index in [4.69, 9.17) is 4.74 Å². The van der Waals surface area contributed by atoms with E-state index < -0.39 is 17.7 Å². The maximum atomic E-state index is 13.5. The molecule has 2 heterocycles. The van der Waals surface area contributed by atoms with Gasteiger partial charge in [0.1, 0.15) is 11.5 Å². The summed E-state index contributed by atoms with van der Waals surface area (Å²) >= 11 is 0. The van der Waals surface area contributed by atoms with Crippen molar-refractivity contribution in [2.75, 3.05) is 12.0 Å². The summed E-state index contributed by atoms with van der Waals surface area (Å²) in [4.78, 5) is 32.5. The van der Waals surface area contributed by atoms with Gasteiger partial charge in [0.15, 0.2) is 0 Å². The van der Waals surface area contributed by atoms with Crippen LogP contribution in [0.2, 0.25) is 0 Å². The molecule has 0 aliphatic carbocycles. The first-order chi connectivity index (χ1) is 16.6. The minimum absolute atomic E-state index is 0.0199. The molecule has 6 nitrogen and oxygen atoms in total. The van der Waals surface area contributed by atoms with E-state index in [1.54, 1.807) is 30.6 Å². The number of hydrogen-bond acceptors (Lipinski definition) is 5. The lowest BCUT2D eigenvalue weighted by Gasteiger charge is -2.27. The summed E-state index contributed by atoms with van der Waals surface area (Å²) in [6, 6.07) is 13.9. The average molecular weight is 471 g/mol. The van der Waals surface area contributed by atoms with E-state index in [1.807, 2.05) is 44.2 Å². The molecule has 1 aliphatic rings. The Bertz CT molecular complexity index is 1340. The maximum Gasteiger partial charge on any atom is 0.300 e. The predicted octanol–water partition coefficient (Wildman–Crippen LogP) is 5.63. The SMILES string of the molecule is COc1ccc(C(C)(C)C)cc1/C(O)=C1\C(=O)C(=O)N(c2cccc(C)c2C)C1c1ccncc1. The summed E-state index contributed by atoms with van der Waals surface area (Å²) in [5, 5.41) is 11.6. The van der Waals surface area contributed by atoms with Crippen molar-refractivity contribution in [2.24, 2.45) is 0 Å². The van der Waals surface area contributed by atoms with E-state index in [1.165, 1.54) is 12.0 Å². The third-order valence-electron chi connectivity index (χ3n) is 6.62. The molecule has 1 aromatic heterocycles. The van der Waals surface area contributed by atoms with Crippen LogP contribution in [0.1, 0.15) is 54.6 Å². The fourth-order valence-corrected chi connectivity index (χ4v) is 4.44. The molecule has 3 aromatic rings. The van der Waals surface area contributed by atoms with Gasteiger partial charge in [0.05, 0.1) is 24.3 Å².